The number of rotatable bonds is 3. The lowest BCUT2D eigenvalue weighted by molar-refractivity contribution is 0.342. The van der Waals surface area contributed by atoms with Crippen molar-refractivity contribution in [1.82, 2.24) is 20.3 Å². The Labute approximate surface area is 134 Å². The predicted octanol–water partition coefficient (Wildman–Crippen LogP) is 1.59. The normalized spacial score (nSPS) is 23.3. The highest BCUT2D eigenvalue weighted by molar-refractivity contribution is 5.92. The molecule has 0 saturated carbocycles. The third-order valence-corrected chi connectivity index (χ3v) is 4.81. The summed E-state index contributed by atoms with van der Waals surface area (Å²) in [5.74, 6) is 1.20. The molecule has 1 fully saturated rings. The number of hydrogen-bond donors (Lipinski definition) is 3. The third kappa shape index (κ3) is 2.39. The zero-order valence-electron chi connectivity index (χ0n) is 13.4. The molecule has 7 heteroatoms. The fourth-order valence-electron chi connectivity index (χ4n) is 3.65. The Hall–Kier alpha value is -2.02. The van der Waals surface area contributed by atoms with Gasteiger partial charge in [0, 0.05) is 25.8 Å². The van der Waals surface area contributed by atoms with Crippen molar-refractivity contribution < 1.29 is 4.39 Å². The minimum atomic E-state index is -0.929. The van der Waals surface area contributed by atoms with Crippen molar-refractivity contribution >= 4 is 22.8 Å². The summed E-state index contributed by atoms with van der Waals surface area (Å²) in [5.41, 5.74) is 4.38. The number of nitrogens with zero attached hydrogens (tertiary/aromatic N) is 3. The standard InChI is InChI=1S/C16H21FN6/c1-8-9-4-3-5-10(9)13-14(18-2)22-16(23-15(13)20-8)21-12-7-19-6-11(12)17/h11-12,19H,3-7H2,1-2H3,(H2,18,20,21,22,23)/t11-,12-/m0/s1. The van der Waals surface area contributed by atoms with Crippen LogP contribution in [0.25, 0.3) is 11.0 Å². The van der Waals surface area contributed by atoms with Gasteiger partial charge in [-0.05, 0) is 37.3 Å². The van der Waals surface area contributed by atoms with Crippen LogP contribution in [0, 0.1) is 6.92 Å². The summed E-state index contributed by atoms with van der Waals surface area (Å²) in [6.07, 6.45) is 2.34. The summed E-state index contributed by atoms with van der Waals surface area (Å²) in [5, 5.41) is 10.3. The first kappa shape index (κ1) is 14.6. The van der Waals surface area contributed by atoms with Gasteiger partial charge in [-0.3, -0.25) is 0 Å². The van der Waals surface area contributed by atoms with Crippen molar-refractivity contribution in [2.24, 2.45) is 0 Å². The van der Waals surface area contributed by atoms with E-state index in [0.29, 0.717) is 24.7 Å². The Morgan fingerprint density at radius 3 is 2.70 bits per heavy atom. The average molecular weight is 316 g/mol. The number of alkyl halides is 1. The predicted molar refractivity (Wildman–Crippen MR) is 88.8 cm³/mol. The number of aromatic nitrogens is 3. The highest BCUT2D eigenvalue weighted by Gasteiger charge is 2.28. The molecule has 6 nitrogen and oxygen atoms in total. The van der Waals surface area contributed by atoms with E-state index in [0.717, 1.165) is 36.2 Å². The molecule has 1 aliphatic heterocycles. The van der Waals surface area contributed by atoms with Gasteiger partial charge in [0.25, 0.3) is 0 Å². The number of nitrogens with one attached hydrogen (secondary N) is 3. The van der Waals surface area contributed by atoms with Gasteiger partial charge in [-0.25, -0.2) is 9.37 Å². The van der Waals surface area contributed by atoms with Crippen LogP contribution in [-0.4, -0.2) is 47.3 Å². The van der Waals surface area contributed by atoms with Crippen LogP contribution in [0.4, 0.5) is 16.2 Å². The summed E-state index contributed by atoms with van der Waals surface area (Å²) >= 11 is 0. The molecular formula is C16H21FN6. The molecule has 2 aromatic rings. The van der Waals surface area contributed by atoms with Gasteiger partial charge >= 0.3 is 0 Å². The molecule has 2 aromatic heterocycles. The minimum absolute atomic E-state index is 0.298. The SMILES string of the molecule is CNc1nc(N[C@H]2CNC[C@@H]2F)nc2nc(C)c3c(c12)CCC3. The number of aryl methyl sites for hydroxylation is 2. The van der Waals surface area contributed by atoms with Crippen LogP contribution < -0.4 is 16.0 Å². The number of pyridine rings is 1. The first-order chi connectivity index (χ1) is 11.2. The Bertz CT molecular complexity index is 762. The van der Waals surface area contributed by atoms with E-state index in [-0.39, 0.29) is 6.04 Å². The topological polar surface area (TPSA) is 74.8 Å². The molecule has 3 N–H and O–H groups in total. The van der Waals surface area contributed by atoms with E-state index in [2.05, 4.69) is 30.9 Å². The van der Waals surface area contributed by atoms with E-state index >= 15 is 0 Å². The molecule has 0 radical (unpaired) electrons. The average Bonchev–Trinajstić information content (AvgIpc) is 3.16. The largest absolute Gasteiger partial charge is 0.372 e. The van der Waals surface area contributed by atoms with Crippen LogP contribution in [0.2, 0.25) is 0 Å². The second-order valence-electron chi connectivity index (χ2n) is 6.28. The van der Waals surface area contributed by atoms with Gasteiger partial charge < -0.3 is 16.0 Å². The summed E-state index contributed by atoms with van der Waals surface area (Å²) < 4.78 is 13.8. The molecule has 2 aliphatic rings. The van der Waals surface area contributed by atoms with Crippen molar-refractivity contribution in [2.75, 3.05) is 30.8 Å². The lowest BCUT2D eigenvalue weighted by atomic mass is 10.1. The molecule has 3 heterocycles. The van der Waals surface area contributed by atoms with Crippen molar-refractivity contribution in [2.45, 2.75) is 38.4 Å². The Kier molecular flexibility index (Phi) is 3.52. The molecule has 1 aliphatic carbocycles. The monoisotopic (exact) mass is 316 g/mol. The third-order valence-electron chi connectivity index (χ3n) is 4.81. The summed E-state index contributed by atoms with van der Waals surface area (Å²) in [4.78, 5) is 13.8. The van der Waals surface area contributed by atoms with E-state index < -0.39 is 6.17 Å². The van der Waals surface area contributed by atoms with Gasteiger partial charge in [0.1, 0.15) is 12.0 Å². The van der Waals surface area contributed by atoms with Crippen molar-refractivity contribution in [3.63, 3.8) is 0 Å². The fraction of sp³-hybridized carbons (Fsp3) is 0.562. The molecule has 122 valence electrons. The van der Waals surface area contributed by atoms with Crippen LogP contribution in [0.1, 0.15) is 23.2 Å². The molecule has 4 rings (SSSR count). The molecule has 0 spiro atoms. The second kappa shape index (κ2) is 5.56. The Morgan fingerprint density at radius 2 is 1.96 bits per heavy atom. The highest BCUT2D eigenvalue weighted by atomic mass is 19.1. The minimum Gasteiger partial charge on any atom is -0.372 e. The van der Waals surface area contributed by atoms with Crippen LogP contribution in [0.3, 0.4) is 0 Å². The van der Waals surface area contributed by atoms with Gasteiger partial charge in [-0.1, -0.05) is 0 Å². The number of anilines is 2. The van der Waals surface area contributed by atoms with E-state index in [1.807, 2.05) is 14.0 Å². The second-order valence-corrected chi connectivity index (χ2v) is 6.28. The first-order valence-corrected chi connectivity index (χ1v) is 8.16. The van der Waals surface area contributed by atoms with Crippen molar-refractivity contribution in [3.05, 3.63) is 16.8 Å². The van der Waals surface area contributed by atoms with Crippen LogP contribution in [0.15, 0.2) is 0 Å². The van der Waals surface area contributed by atoms with E-state index in [9.17, 15) is 4.39 Å². The molecule has 0 amide bonds. The number of fused-ring (bicyclic) bond motifs is 3. The zero-order valence-corrected chi connectivity index (χ0v) is 13.4. The molecular weight excluding hydrogens is 295 g/mol. The summed E-state index contributed by atoms with van der Waals surface area (Å²) in [6, 6.07) is -0.298. The zero-order chi connectivity index (χ0) is 16.0. The maximum absolute atomic E-state index is 13.8. The van der Waals surface area contributed by atoms with Gasteiger partial charge in [0.05, 0.1) is 11.4 Å². The lowest BCUT2D eigenvalue weighted by Crippen LogP contribution is -2.30. The molecule has 2 atom stereocenters. The fourth-order valence-corrected chi connectivity index (χ4v) is 3.65. The van der Waals surface area contributed by atoms with Gasteiger partial charge in [0.15, 0.2) is 5.65 Å². The van der Waals surface area contributed by atoms with Crippen LogP contribution in [0.5, 0.6) is 0 Å². The molecule has 0 bridgehead atoms. The van der Waals surface area contributed by atoms with Crippen LogP contribution in [-0.2, 0) is 12.8 Å². The summed E-state index contributed by atoms with van der Waals surface area (Å²) in [7, 11) is 1.85. The van der Waals surface area contributed by atoms with Crippen molar-refractivity contribution in [3.8, 4) is 0 Å². The van der Waals surface area contributed by atoms with E-state index in [1.165, 1.54) is 11.1 Å². The summed E-state index contributed by atoms with van der Waals surface area (Å²) in [6.45, 7) is 2.99. The highest BCUT2D eigenvalue weighted by Crippen LogP contribution is 2.34. The molecule has 1 saturated heterocycles. The number of hydrogen-bond acceptors (Lipinski definition) is 6. The van der Waals surface area contributed by atoms with Crippen LogP contribution >= 0.6 is 0 Å². The first-order valence-electron chi connectivity index (χ1n) is 8.16. The van der Waals surface area contributed by atoms with Gasteiger partial charge in [-0.15, -0.1) is 0 Å². The lowest BCUT2D eigenvalue weighted by Gasteiger charge is -2.17. The van der Waals surface area contributed by atoms with E-state index in [1.54, 1.807) is 0 Å². The van der Waals surface area contributed by atoms with Crippen molar-refractivity contribution in [1.29, 1.82) is 0 Å². The van der Waals surface area contributed by atoms with Gasteiger partial charge in [-0.2, -0.15) is 9.97 Å². The molecule has 23 heavy (non-hydrogen) atoms. The molecule has 0 aromatic carbocycles. The van der Waals surface area contributed by atoms with E-state index in [4.69, 9.17) is 0 Å². The number of halogens is 1. The maximum Gasteiger partial charge on any atom is 0.227 e. The smallest absolute Gasteiger partial charge is 0.227 e. The maximum atomic E-state index is 13.8. The Balaban J connectivity index is 1.81. The Morgan fingerprint density at radius 1 is 1.13 bits per heavy atom. The molecule has 0 unspecified atom stereocenters. The quantitative estimate of drug-likeness (QED) is 0.798. The van der Waals surface area contributed by atoms with Gasteiger partial charge in [0.2, 0.25) is 5.95 Å².